The molecule has 1 aliphatic heterocycles. The van der Waals surface area contributed by atoms with Gasteiger partial charge in [-0.3, -0.25) is 9.59 Å². The fraction of sp³-hybridized carbons (Fsp3) is 0.533. The molecule has 1 heterocycles. The number of ketones is 1. The van der Waals surface area contributed by atoms with Crippen LogP contribution in [0, 0.1) is 23.2 Å². The van der Waals surface area contributed by atoms with Gasteiger partial charge in [0.05, 0.1) is 5.41 Å². The minimum Gasteiger partial charge on any atom is -0.461 e. The predicted octanol–water partition coefficient (Wildman–Crippen LogP) is 6.24. The standard InChI is InChI=1S/C30H34O3/c31-26(29-18-21-15-22(19-29)17-23(16-21)20-29)11-12-27-30(14-13-28(32)33-27,24-7-3-1-4-8-24)25-9-5-2-6-10-25/h1-10,21-23,27H,11-20H2/t21?,22?,23?,27-,29?/m0/s1. The Bertz CT molecular complexity index is 950. The van der Waals surface area contributed by atoms with Crippen LogP contribution in [0.15, 0.2) is 60.7 Å². The molecule has 0 aromatic heterocycles. The Kier molecular flexibility index (Phi) is 5.19. The fourth-order valence-corrected chi connectivity index (χ4v) is 8.36. The van der Waals surface area contributed by atoms with E-state index < -0.39 is 5.41 Å². The van der Waals surface area contributed by atoms with Gasteiger partial charge in [0, 0.05) is 18.3 Å². The molecule has 4 aliphatic carbocycles. The zero-order chi connectivity index (χ0) is 22.5. The van der Waals surface area contributed by atoms with Gasteiger partial charge in [0.25, 0.3) is 0 Å². The highest BCUT2D eigenvalue weighted by molar-refractivity contribution is 5.85. The third-order valence-corrected chi connectivity index (χ3v) is 9.39. The number of cyclic esters (lactones) is 1. The second-order valence-corrected chi connectivity index (χ2v) is 11.3. The van der Waals surface area contributed by atoms with E-state index in [2.05, 4.69) is 48.5 Å². The minimum atomic E-state index is -0.405. The van der Waals surface area contributed by atoms with Gasteiger partial charge in [-0.2, -0.15) is 0 Å². The second kappa shape index (κ2) is 8.11. The topological polar surface area (TPSA) is 43.4 Å². The highest BCUT2D eigenvalue weighted by Gasteiger charge is 2.55. The third-order valence-electron chi connectivity index (χ3n) is 9.39. The highest BCUT2D eigenvalue weighted by atomic mass is 16.5. The number of hydrogen-bond acceptors (Lipinski definition) is 3. The van der Waals surface area contributed by atoms with Gasteiger partial charge in [0.2, 0.25) is 0 Å². The Labute approximate surface area is 196 Å². The maximum Gasteiger partial charge on any atom is 0.306 e. The number of carbonyl (C=O) groups excluding carboxylic acids is 2. The molecule has 0 N–H and O–H groups in total. The number of hydrogen-bond donors (Lipinski definition) is 0. The molecule has 3 heteroatoms. The lowest BCUT2D eigenvalue weighted by atomic mass is 9.48. The smallest absolute Gasteiger partial charge is 0.306 e. The van der Waals surface area contributed by atoms with Crippen LogP contribution in [0.3, 0.4) is 0 Å². The molecule has 3 nitrogen and oxygen atoms in total. The summed E-state index contributed by atoms with van der Waals surface area (Å²) >= 11 is 0. The Morgan fingerprint density at radius 1 is 0.818 bits per heavy atom. The molecule has 0 amide bonds. The molecule has 33 heavy (non-hydrogen) atoms. The lowest BCUT2D eigenvalue weighted by molar-refractivity contribution is -0.161. The minimum absolute atomic E-state index is 0.0877. The Morgan fingerprint density at radius 2 is 1.33 bits per heavy atom. The van der Waals surface area contributed by atoms with Crippen LogP contribution in [-0.2, 0) is 19.7 Å². The van der Waals surface area contributed by atoms with E-state index in [1.54, 1.807) is 0 Å². The second-order valence-electron chi connectivity index (χ2n) is 11.3. The largest absolute Gasteiger partial charge is 0.461 e. The summed E-state index contributed by atoms with van der Waals surface area (Å²) in [5, 5.41) is 0. The van der Waals surface area contributed by atoms with E-state index in [9.17, 15) is 9.59 Å². The normalized spacial score (nSPS) is 34.1. The maximum absolute atomic E-state index is 13.8. The first-order valence-corrected chi connectivity index (χ1v) is 12.9. The van der Waals surface area contributed by atoms with Gasteiger partial charge < -0.3 is 4.74 Å². The van der Waals surface area contributed by atoms with Crippen molar-refractivity contribution >= 4 is 11.8 Å². The van der Waals surface area contributed by atoms with Crippen LogP contribution in [0.2, 0.25) is 0 Å². The number of Topliss-reactive ketones (excluding diaryl/α,β-unsaturated/α-hetero) is 1. The molecule has 4 bridgehead atoms. The van der Waals surface area contributed by atoms with E-state index in [-0.39, 0.29) is 17.5 Å². The van der Waals surface area contributed by atoms with Crippen molar-refractivity contribution in [3.63, 3.8) is 0 Å². The van der Waals surface area contributed by atoms with Crippen LogP contribution in [0.25, 0.3) is 0 Å². The molecular formula is C30H34O3. The van der Waals surface area contributed by atoms with Crippen molar-refractivity contribution in [3.05, 3.63) is 71.8 Å². The first-order valence-electron chi connectivity index (χ1n) is 12.9. The third kappa shape index (κ3) is 3.55. The van der Waals surface area contributed by atoms with Crippen molar-refractivity contribution in [2.24, 2.45) is 23.2 Å². The maximum atomic E-state index is 13.8. The molecular weight excluding hydrogens is 408 g/mol. The van der Waals surface area contributed by atoms with Gasteiger partial charge in [-0.25, -0.2) is 0 Å². The SMILES string of the molecule is O=C1CCC(c2ccccc2)(c2ccccc2)[C@H](CCC(=O)C23CC4CC(CC(C4)C2)C3)O1. The molecule has 0 radical (unpaired) electrons. The fourth-order valence-electron chi connectivity index (χ4n) is 8.36. The zero-order valence-electron chi connectivity index (χ0n) is 19.4. The predicted molar refractivity (Wildman–Crippen MR) is 128 cm³/mol. The van der Waals surface area contributed by atoms with Crippen LogP contribution in [0.5, 0.6) is 0 Å². The van der Waals surface area contributed by atoms with Gasteiger partial charge in [0.1, 0.15) is 11.9 Å². The summed E-state index contributed by atoms with van der Waals surface area (Å²) in [5.74, 6) is 2.60. The monoisotopic (exact) mass is 442 g/mol. The zero-order valence-corrected chi connectivity index (χ0v) is 19.4. The van der Waals surface area contributed by atoms with Gasteiger partial charge >= 0.3 is 5.97 Å². The summed E-state index contributed by atoms with van der Waals surface area (Å²) in [5.41, 5.74) is 1.86. The molecule has 172 valence electrons. The summed E-state index contributed by atoms with van der Waals surface area (Å²) in [6.07, 6.45) is 9.27. The molecule has 1 saturated heterocycles. The van der Waals surface area contributed by atoms with Crippen molar-refractivity contribution in [3.8, 4) is 0 Å². The van der Waals surface area contributed by atoms with Crippen LogP contribution in [0.1, 0.15) is 75.3 Å². The van der Waals surface area contributed by atoms with E-state index >= 15 is 0 Å². The summed E-state index contributed by atoms with van der Waals surface area (Å²) < 4.78 is 6.09. The average Bonchev–Trinajstić information content (AvgIpc) is 2.83. The highest BCUT2D eigenvalue weighted by Crippen LogP contribution is 2.61. The van der Waals surface area contributed by atoms with Crippen LogP contribution < -0.4 is 0 Å². The van der Waals surface area contributed by atoms with Crippen LogP contribution >= 0.6 is 0 Å². The van der Waals surface area contributed by atoms with Crippen LogP contribution in [0.4, 0.5) is 0 Å². The van der Waals surface area contributed by atoms with Crippen molar-refractivity contribution in [2.45, 2.75) is 75.7 Å². The number of carbonyl (C=O) groups is 2. The molecule has 2 aromatic rings. The van der Waals surface area contributed by atoms with E-state index in [0.717, 1.165) is 43.4 Å². The summed E-state index contributed by atoms with van der Waals surface area (Å²) in [7, 11) is 0. The van der Waals surface area contributed by atoms with Crippen molar-refractivity contribution in [1.29, 1.82) is 0 Å². The van der Waals surface area contributed by atoms with Gasteiger partial charge in [-0.05, 0) is 80.2 Å². The molecule has 5 aliphatic rings. The van der Waals surface area contributed by atoms with Crippen molar-refractivity contribution in [2.75, 3.05) is 0 Å². The number of esters is 1. The molecule has 0 spiro atoms. The van der Waals surface area contributed by atoms with Gasteiger partial charge in [0.15, 0.2) is 0 Å². The molecule has 5 fully saturated rings. The van der Waals surface area contributed by atoms with Gasteiger partial charge in [-0.1, -0.05) is 60.7 Å². The van der Waals surface area contributed by atoms with E-state index in [0.29, 0.717) is 25.0 Å². The lowest BCUT2D eigenvalue weighted by Crippen LogP contribution is -2.51. The average molecular weight is 443 g/mol. The Morgan fingerprint density at radius 3 is 1.85 bits per heavy atom. The molecule has 0 unspecified atom stereocenters. The number of benzene rings is 2. The van der Waals surface area contributed by atoms with Crippen LogP contribution in [-0.4, -0.2) is 17.9 Å². The Hall–Kier alpha value is -2.42. The van der Waals surface area contributed by atoms with Gasteiger partial charge in [-0.15, -0.1) is 0 Å². The van der Waals surface area contributed by atoms with E-state index in [4.69, 9.17) is 4.74 Å². The lowest BCUT2D eigenvalue weighted by Gasteiger charge is -2.56. The van der Waals surface area contributed by atoms with E-state index in [1.165, 1.54) is 30.4 Å². The number of ether oxygens (including phenoxy) is 1. The molecule has 7 rings (SSSR count). The first-order chi connectivity index (χ1) is 16.1. The quantitative estimate of drug-likeness (QED) is 0.497. The molecule has 2 aromatic carbocycles. The molecule has 4 saturated carbocycles. The number of rotatable bonds is 6. The van der Waals surface area contributed by atoms with E-state index in [1.807, 2.05) is 12.1 Å². The summed E-state index contributed by atoms with van der Waals surface area (Å²) in [4.78, 5) is 26.2. The molecule has 1 atom stereocenters. The Balaban J connectivity index is 1.30. The first kappa shape index (κ1) is 21.1. The van der Waals surface area contributed by atoms with Crippen molar-refractivity contribution < 1.29 is 14.3 Å². The van der Waals surface area contributed by atoms with Crippen molar-refractivity contribution in [1.82, 2.24) is 0 Å². The summed E-state index contributed by atoms with van der Waals surface area (Å²) in [6, 6.07) is 20.9. The summed E-state index contributed by atoms with van der Waals surface area (Å²) in [6.45, 7) is 0.